The number of carbonyl (C=O) groups excluding carboxylic acids is 1. The first-order valence-electron chi connectivity index (χ1n) is 8.15. The van der Waals surface area contributed by atoms with Crippen LogP contribution in [0.4, 0.5) is 5.69 Å². The fourth-order valence-corrected chi connectivity index (χ4v) is 2.44. The zero-order valence-corrected chi connectivity index (χ0v) is 14.1. The Bertz CT molecular complexity index is 944. The average Bonchev–Trinajstić information content (AvgIpc) is 2.62. The van der Waals surface area contributed by atoms with Gasteiger partial charge in [0.1, 0.15) is 11.3 Å². The molecule has 3 aromatic rings. The summed E-state index contributed by atoms with van der Waals surface area (Å²) in [5.41, 5.74) is 1.93. The summed E-state index contributed by atoms with van der Waals surface area (Å²) < 4.78 is 10.8. The van der Waals surface area contributed by atoms with Gasteiger partial charge in [0.05, 0.1) is 0 Å². The molecule has 1 atom stereocenters. The minimum atomic E-state index is -0.696. The molecule has 128 valence electrons. The Morgan fingerprint density at radius 3 is 2.56 bits per heavy atom. The van der Waals surface area contributed by atoms with Crippen LogP contribution in [0.15, 0.2) is 63.8 Å². The van der Waals surface area contributed by atoms with Gasteiger partial charge in [-0.1, -0.05) is 19.1 Å². The van der Waals surface area contributed by atoms with Crippen molar-refractivity contribution in [2.45, 2.75) is 26.4 Å². The van der Waals surface area contributed by atoms with Crippen LogP contribution in [-0.2, 0) is 11.2 Å². The predicted molar refractivity (Wildman–Crippen MR) is 97.0 cm³/mol. The highest BCUT2D eigenvalue weighted by molar-refractivity contribution is 5.94. The number of fused-ring (bicyclic) bond motifs is 1. The third-order valence-electron chi connectivity index (χ3n) is 3.91. The van der Waals surface area contributed by atoms with Crippen LogP contribution in [0.5, 0.6) is 5.75 Å². The standard InChI is InChI=1S/C20H19NO4/c1-3-14-4-8-16(9-5-14)21-20(23)13(2)24-17-10-6-15-7-11-19(22)25-18(15)12-17/h4-13H,3H2,1-2H3,(H,21,23)/t13-/m0/s1. The molecule has 1 heterocycles. The van der Waals surface area contributed by atoms with E-state index in [9.17, 15) is 9.59 Å². The highest BCUT2D eigenvalue weighted by Gasteiger charge is 2.15. The monoisotopic (exact) mass is 337 g/mol. The van der Waals surface area contributed by atoms with Gasteiger partial charge in [-0.25, -0.2) is 4.79 Å². The zero-order valence-electron chi connectivity index (χ0n) is 14.1. The van der Waals surface area contributed by atoms with Gasteiger partial charge in [0.2, 0.25) is 0 Å². The van der Waals surface area contributed by atoms with Gasteiger partial charge in [-0.2, -0.15) is 0 Å². The largest absolute Gasteiger partial charge is 0.481 e. The first-order valence-corrected chi connectivity index (χ1v) is 8.15. The first kappa shape index (κ1) is 16.8. The number of amides is 1. The van der Waals surface area contributed by atoms with Gasteiger partial charge >= 0.3 is 5.63 Å². The van der Waals surface area contributed by atoms with Crippen molar-refractivity contribution >= 4 is 22.6 Å². The van der Waals surface area contributed by atoms with E-state index < -0.39 is 11.7 Å². The van der Waals surface area contributed by atoms with Gasteiger partial charge in [-0.3, -0.25) is 4.79 Å². The summed E-state index contributed by atoms with van der Waals surface area (Å²) in [6, 6.07) is 15.9. The average molecular weight is 337 g/mol. The lowest BCUT2D eigenvalue weighted by Gasteiger charge is -2.15. The van der Waals surface area contributed by atoms with Crippen molar-refractivity contribution in [2.75, 3.05) is 5.32 Å². The Hall–Kier alpha value is -3.08. The third-order valence-corrected chi connectivity index (χ3v) is 3.91. The summed E-state index contributed by atoms with van der Waals surface area (Å²) in [7, 11) is 0. The minimum Gasteiger partial charge on any atom is -0.481 e. The third kappa shape index (κ3) is 4.07. The molecule has 0 aliphatic rings. The molecule has 1 aromatic heterocycles. The van der Waals surface area contributed by atoms with Gasteiger partial charge in [0.15, 0.2) is 6.10 Å². The molecule has 0 aliphatic carbocycles. The normalized spacial score (nSPS) is 11.9. The summed E-state index contributed by atoms with van der Waals surface area (Å²) in [6.07, 6.45) is 0.255. The lowest BCUT2D eigenvalue weighted by Crippen LogP contribution is -2.30. The van der Waals surface area contributed by atoms with E-state index in [1.54, 1.807) is 31.2 Å². The molecule has 0 spiro atoms. The van der Waals surface area contributed by atoms with Gasteiger partial charge in [-0.05, 0) is 49.2 Å². The molecular weight excluding hydrogens is 318 g/mol. The second-order valence-electron chi connectivity index (χ2n) is 5.75. The van der Waals surface area contributed by atoms with Gasteiger partial charge < -0.3 is 14.5 Å². The van der Waals surface area contributed by atoms with E-state index >= 15 is 0 Å². The topological polar surface area (TPSA) is 68.5 Å². The van der Waals surface area contributed by atoms with E-state index in [0.29, 0.717) is 11.3 Å². The number of benzene rings is 2. The fraction of sp³-hybridized carbons (Fsp3) is 0.200. The Morgan fingerprint density at radius 1 is 1.12 bits per heavy atom. The van der Waals surface area contributed by atoms with Crippen molar-refractivity contribution < 1.29 is 13.9 Å². The summed E-state index contributed by atoms with van der Waals surface area (Å²) in [4.78, 5) is 23.6. The Kier molecular flexibility index (Phi) is 4.84. The maximum atomic E-state index is 12.3. The van der Waals surface area contributed by atoms with Crippen LogP contribution in [-0.4, -0.2) is 12.0 Å². The van der Waals surface area contributed by atoms with Crippen LogP contribution in [0.1, 0.15) is 19.4 Å². The lowest BCUT2D eigenvalue weighted by molar-refractivity contribution is -0.122. The van der Waals surface area contributed by atoms with E-state index in [2.05, 4.69) is 12.2 Å². The summed E-state index contributed by atoms with van der Waals surface area (Å²) in [5.74, 6) is 0.213. The summed E-state index contributed by atoms with van der Waals surface area (Å²) in [6.45, 7) is 3.75. The van der Waals surface area contributed by atoms with E-state index in [0.717, 1.165) is 17.5 Å². The van der Waals surface area contributed by atoms with E-state index in [-0.39, 0.29) is 5.91 Å². The maximum Gasteiger partial charge on any atom is 0.336 e. The number of rotatable bonds is 5. The second kappa shape index (κ2) is 7.21. The van der Waals surface area contributed by atoms with E-state index in [1.807, 2.05) is 24.3 Å². The predicted octanol–water partition coefficient (Wildman–Crippen LogP) is 3.76. The molecule has 5 heteroatoms. The molecule has 0 radical (unpaired) electrons. The molecule has 2 aromatic carbocycles. The van der Waals surface area contributed by atoms with Gasteiger partial charge in [0.25, 0.3) is 5.91 Å². The fourth-order valence-electron chi connectivity index (χ4n) is 2.44. The smallest absolute Gasteiger partial charge is 0.336 e. The quantitative estimate of drug-likeness (QED) is 0.720. The first-order chi connectivity index (χ1) is 12.0. The highest BCUT2D eigenvalue weighted by atomic mass is 16.5. The molecular formula is C20H19NO4. The second-order valence-corrected chi connectivity index (χ2v) is 5.75. The Labute approximate surface area is 145 Å². The summed E-state index contributed by atoms with van der Waals surface area (Å²) >= 11 is 0. The molecule has 3 rings (SSSR count). The number of nitrogens with one attached hydrogen (secondary N) is 1. The maximum absolute atomic E-state index is 12.3. The van der Waals surface area contributed by atoms with E-state index in [4.69, 9.17) is 9.15 Å². The Morgan fingerprint density at radius 2 is 1.84 bits per heavy atom. The van der Waals surface area contributed by atoms with Crippen molar-refractivity contribution in [1.29, 1.82) is 0 Å². The number of anilines is 1. The van der Waals surface area contributed by atoms with Crippen LogP contribution < -0.4 is 15.7 Å². The van der Waals surface area contributed by atoms with Crippen LogP contribution in [0, 0.1) is 0 Å². The SMILES string of the molecule is CCc1ccc(NC(=O)[C@H](C)Oc2ccc3ccc(=O)oc3c2)cc1. The number of aryl methyl sites for hydroxylation is 1. The minimum absolute atomic E-state index is 0.251. The van der Waals surface area contributed by atoms with Crippen molar-refractivity contribution in [3.05, 3.63) is 70.6 Å². The molecule has 0 aliphatic heterocycles. The van der Waals surface area contributed by atoms with Crippen LogP contribution >= 0.6 is 0 Å². The van der Waals surface area contributed by atoms with Gasteiger partial charge in [-0.15, -0.1) is 0 Å². The molecule has 25 heavy (non-hydrogen) atoms. The van der Waals surface area contributed by atoms with Gasteiger partial charge in [0, 0.05) is 23.2 Å². The van der Waals surface area contributed by atoms with Crippen molar-refractivity contribution in [2.24, 2.45) is 0 Å². The molecule has 0 saturated heterocycles. The Balaban J connectivity index is 1.69. The van der Waals surface area contributed by atoms with Crippen LogP contribution in [0.3, 0.4) is 0 Å². The number of carbonyl (C=O) groups is 1. The van der Waals surface area contributed by atoms with E-state index in [1.165, 1.54) is 11.6 Å². The molecule has 5 nitrogen and oxygen atoms in total. The highest BCUT2D eigenvalue weighted by Crippen LogP contribution is 2.21. The van der Waals surface area contributed by atoms with Crippen LogP contribution in [0.2, 0.25) is 0 Å². The van der Waals surface area contributed by atoms with Crippen molar-refractivity contribution in [3.8, 4) is 5.75 Å². The van der Waals surface area contributed by atoms with Crippen LogP contribution in [0.25, 0.3) is 11.0 Å². The molecule has 1 N–H and O–H groups in total. The summed E-state index contributed by atoms with van der Waals surface area (Å²) in [5, 5.41) is 3.61. The molecule has 0 unspecified atom stereocenters. The molecule has 1 amide bonds. The van der Waals surface area contributed by atoms with Crippen molar-refractivity contribution in [3.63, 3.8) is 0 Å². The molecule has 0 fully saturated rings. The number of ether oxygens (including phenoxy) is 1. The van der Waals surface area contributed by atoms with Crippen molar-refractivity contribution in [1.82, 2.24) is 0 Å². The molecule has 0 saturated carbocycles. The molecule has 0 bridgehead atoms. The zero-order chi connectivity index (χ0) is 17.8. The number of hydrogen-bond donors (Lipinski definition) is 1. The number of hydrogen-bond acceptors (Lipinski definition) is 4. The lowest BCUT2D eigenvalue weighted by atomic mass is 10.1.